The lowest BCUT2D eigenvalue weighted by atomic mass is 10.0. The lowest BCUT2D eigenvalue weighted by Gasteiger charge is -2.13. The zero-order valence-electron chi connectivity index (χ0n) is 9.84. The zero-order valence-corrected chi connectivity index (χ0v) is 9.84. The molecular weight excluding hydrogens is 200 g/mol. The molecule has 2 aliphatic rings. The molecule has 0 bridgehead atoms. The number of fused-ring (bicyclic) bond motifs is 1. The lowest BCUT2D eigenvalue weighted by Crippen LogP contribution is -2.19. The van der Waals surface area contributed by atoms with Crippen LogP contribution in [0.1, 0.15) is 32.0 Å². The molecule has 3 atom stereocenters. The van der Waals surface area contributed by atoms with Crippen LogP contribution >= 0.6 is 0 Å². The number of hydrogen-bond donors (Lipinski definition) is 1. The molecule has 16 heavy (non-hydrogen) atoms. The number of aliphatic hydroxyl groups is 1. The lowest BCUT2D eigenvalue weighted by molar-refractivity contribution is 0.132. The molecular formula is C13H20N2O. The second kappa shape index (κ2) is 3.88. The Bertz CT molecular complexity index is 364. The van der Waals surface area contributed by atoms with E-state index in [1.54, 1.807) is 0 Å². The van der Waals surface area contributed by atoms with Gasteiger partial charge in [-0.25, -0.2) is 4.98 Å². The summed E-state index contributed by atoms with van der Waals surface area (Å²) < 4.78 is 2.13. The van der Waals surface area contributed by atoms with E-state index in [9.17, 15) is 5.11 Å². The van der Waals surface area contributed by atoms with Gasteiger partial charge in [0.25, 0.3) is 0 Å². The maximum absolute atomic E-state index is 10.2. The van der Waals surface area contributed by atoms with E-state index in [0.29, 0.717) is 5.92 Å². The fraction of sp³-hybridized carbons (Fsp3) is 0.769. The molecule has 2 fully saturated rings. The van der Waals surface area contributed by atoms with Crippen molar-refractivity contribution in [1.82, 2.24) is 9.55 Å². The molecule has 0 aliphatic heterocycles. The average Bonchev–Trinajstić information content (AvgIpc) is 2.71. The molecule has 3 unspecified atom stereocenters. The van der Waals surface area contributed by atoms with Crippen molar-refractivity contribution in [2.24, 2.45) is 17.8 Å². The van der Waals surface area contributed by atoms with Crippen LogP contribution in [-0.4, -0.2) is 20.8 Å². The van der Waals surface area contributed by atoms with Gasteiger partial charge in [-0.1, -0.05) is 6.42 Å². The fourth-order valence-corrected chi connectivity index (χ4v) is 3.59. The summed E-state index contributed by atoms with van der Waals surface area (Å²) in [6, 6.07) is 0. The number of nitrogens with zero attached hydrogens (tertiary/aromatic N) is 2. The summed E-state index contributed by atoms with van der Waals surface area (Å²) >= 11 is 0. The smallest absolute Gasteiger partial charge is 0.111 e. The molecule has 2 saturated carbocycles. The van der Waals surface area contributed by atoms with Gasteiger partial charge in [-0.05, 0) is 37.5 Å². The van der Waals surface area contributed by atoms with E-state index in [-0.39, 0.29) is 6.10 Å². The van der Waals surface area contributed by atoms with E-state index < -0.39 is 0 Å². The Morgan fingerprint density at radius 3 is 2.94 bits per heavy atom. The Balaban J connectivity index is 1.63. The third kappa shape index (κ3) is 1.58. The molecule has 1 aromatic rings. The maximum atomic E-state index is 10.2. The van der Waals surface area contributed by atoms with Crippen LogP contribution < -0.4 is 0 Å². The molecule has 2 aliphatic carbocycles. The maximum Gasteiger partial charge on any atom is 0.111 e. The zero-order chi connectivity index (χ0) is 11.1. The van der Waals surface area contributed by atoms with E-state index in [1.165, 1.54) is 19.3 Å². The summed E-state index contributed by atoms with van der Waals surface area (Å²) in [6.07, 6.45) is 8.46. The van der Waals surface area contributed by atoms with Gasteiger partial charge in [0.05, 0.1) is 6.10 Å². The minimum Gasteiger partial charge on any atom is -0.392 e. The molecule has 3 nitrogen and oxygen atoms in total. The molecule has 1 N–H and O–H groups in total. The van der Waals surface area contributed by atoms with Crippen molar-refractivity contribution in [2.75, 3.05) is 0 Å². The van der Waals surface area contributed by atoms with Crippen LogP contribution in [0.4, 0.5) is 0 Å². The van der Waals surface area contributed by atoms with Gasteiger partial charge in [0.2, 0.25) is 0 Å². The Labute approximate surface area is 96.5 Å². The van der Waals surface area contributed by atoms with Gasteiger partial charge in [0.1, 0.15) is 5.82 Å². The molecule has 1 aromatic heterocycles. The first-order chi connectivity index (χ1) is 7.81. The first kappa shape index (κ1) is 10.3. The standard InChI is InChI=1S/C13H20N2O/c1-2-15-7-6-14-12(15)8-11(16)13-9-4-3-5-10(9)13/h6-7,9-11,13,16H,2-5,8H2,1H3. The average molecular weight is 220 g/mol. The Morgan fingerprint density at radius 1 is 1.50 bits per heavy atom. The molecule has 0 radical (unpaired) electrons. The van der Waals surface area contributed by atoms with Gasteiger partial charge >= 0.3 is 0 Å². The normalized spacial score (nSPS) is 33.8. The minimum absolute atomic E-state index is 0.164. The molecule has 0 amide bonds. The van der Waals surface area contributed by atoms with E-state index in [0.717, 1.165) is 30.6 Å². The Kier molecular flexibility index (Phi) is 2.51. The van der Waals surface area contributed by atoms with E-state index in [4.69, 9.17) is 0 Å². The van der Waals surface area contributed by atoms with Gasteiger partial charge in [-0.3, -0.25) is 0 Å². The van der Waals surface area contributed by atoms with Gasteiger partial charge in [-0.15, -0.1) is 0 Å². The molecule has 3 heteroatoms. The van der Waals surface area contributed by atoms with Crippen LogP contribution in [0.3, 0.4) is 0 Å². The third-order valence-electron chi connectivity index (χ3n) is 4.45. The van der Waals surface area contributed by atoms with Crippen molar-refractivity contribution in [2.45, 2.75) is 45.3 Å². The number of aliphatic hydroxyl groups excluding tert-OH is 1. The number of imidazole rings is 1. The topological polar surface area (TPSA) is 38.0 Å². The van der Waals surface area contributed by atoms with Crippen LogP contribution in [0.25, 0.3) is 0 Å². The number of aromatic nitrogens is 2. The first-order valence-corrected chi connectivity index (χ1v) is 6.49. The molecule has 1 heterocycles. The highest BCUT2D eigenvalue weighted by molar-refractivity contribution is 5.07. The summed E-state index contributed by atoms with van der Waals surface area (Å²) in [5.74, 6) is 3.29. The number of rotatable bonds is 4. The Morgan fingerprint density at radius 2 is 2.25 bits per heavy atom. The second-order valence-electron chi connectivity index (χ2n) is 5.24. The van der Waals surface area contributed by atoms with Crippen molar-refractivity contribution in [1.29, 1.82) is 0 Å². The predicted octanol–water partition coefficient (Wildman–Crippen LogP) is 1.85. The highest BCUT2D eigenvalue weighted by Gasteiger charge is 2.55. The molecule has 0 spiro atoms. The largest absolute Gasteiger partial charge is 0.392 e. The highest BCUT2D eigenvalue weighted by atomic mass is 16.3. The highest BCUT2D eigenvalue weighted by Crippen LogP contribution is 2.59. The van der Waals surface area contributed by atoms with Crippen molar-refractivity contribution in [3.8, 4) is 0 Å². The SMILES string of the molecule is CCn1ccnc1CC(O)C1C2CCCC21. The fourth-order valence-electron chi connectivity index (χ4n) is 3.59. The quantitative estimate of drug-likeness (QED) is 0.841. The van der Waals surface area contributed by atoms with Crippen molar-refractivity contribution in [3.05, 3.63) is 18.2 Å². The predicted molar refractivity (Wildman–Crippen MR) is 61.9 cm³/mol. The minimum atomic E-state index is -0.164. The second-order valence-corrected chi connectivity index (χ2v) is 5.24. The van der Waals surface area contributed by atoms with Gasteiger partial charge < -0.3 is 9.67 Å². The van der Waals surface area contributed by atoms with E-state index >= 15 is 0 Å². The summed E-state index contributed by atoms with van der Waals surface area (Å²) in [5, 5.41) is 10.2. The number of aryl methyl sites for hydroxylation is 1. The van der Waals surface area contributed by atoms with Crippen LogP contribution in [0.15, 0.2) is 12.4 Å². The Hall–Kier alpha value is -0.830. The van der Waals surface area contributed by atoms with Crippen LogP contribution in [0.2, 0.25) is 0 Å². The first-order valence-electron chi connectivity index (χ1n) is 6.49. The summed E-state index contributed by atoms with van der Waals surface area (Å²) in [6.45, 7) is 3.06. The molecule has 88 valence electrons. The van der Waals surface area contributed by atoms with Crippen molar-refractivity contribution in [3.63, 3.8) is 0 Å². The van der Waals surface area contributed by atoms with Crippen molar-refractivity contribution < 1.29 is 5.11 Å². The number of hydrogen-bond acceptors (Lipinski definition) is 2. The van der Waals surface area contributed by atoms with Gasteiger partial charge in [0.15, 0.2) is 0 Å². The van der Waals surface area contributed by atoms with Gasteiger partial charge in [0, 0.05) is 25.4 Å². The molecule has 0 aromatic carbocycles. The van der Waals surface area contributed by atoms with Crippen LogP contribution in [0, 0.1) is 17.8 Å². The molecule has 0 saturated heterocycles. The van der Waals surface area contributed by atoms with Crippen LogP contribution in [-0.2, 0) is 13.0 Å². The molecule has 3 rings (SSSR count). The van der Waals surface area contributed by atoms with E-state index in [2.05, 4.69) is 16.5 Å². The summed E-state index contributed by atoms with van der Waals surface area (Å²) in [4.78, 5) is 4.33. The monoisotopic (exact) mass is 220 g/mol. The van der Waals surface area contributed by atoms with Crippen LogP contribution in [0.5, 0.6) is 0 Å². The van der Waals surface area contributed by atoms with E-state index in [1.807, 2.05) is 12.4 Å². The van der Waals surface area contributed by atoms with Gasteiger partial charge in [-0.2, -0.15) is 0 Å². The third-order valence-corrected chi connectivity index (χ3v) is 4.45. The summed E-state index contributed by atoms with van der Waals surface area (Å²) in [5.41, 5.74) is 0. The van der Waals surface area contributed by atoms with Crippen molar-refractivity contribution >= 4 is 0 Å². The summed E-state index contributed by atoms with van der Waals surface area (Å²) in [7, 11) is 0.